The van der Waals surface area contributed by atoms with Gasteiger partial charge < -0.3 is 10.1 Å². The van der Waals surface area contributed by atoms with Gasteiger partial charge in [-0.25, -0.2) is 8.42 Å². The van der Waals surface area contributed by atoms with E-state index in [1.807, 2.05) is 25.1 Å². The van der Waals surface area contributed by atoms with Gasteiger partial charge in [-0.1, -0.05) is 37.3 Å². The van der Waals surface area contributed by atoms with E-state index in [-0.39, 0.29) is 22.4 Å². The number of amides is 1. The summed E-state index contributed by atoms with van der Waals surface area (Å²) in [6.45, 7) is 5.10. The summed E-state index contributed by atoms with van der Waals surface area (Å²) in [5.41, 5.74) is 1.45. The smallest absolute Gasteiger partial charge is 0.255 e. The molecule has 6 nitrogen and oxygen atoms in total. The van der Waals surface area contributed by atoms with Crippen molar-refractivity contribution in [1.29, 1.82) is 0 Å². The molecule has 168 valence electrons. The number of nitrogens with zero attached hydrogens (tertiary/aromatic N) is 1. The molecule has 7 heteroatoms. The lowest BCUT2D eigenvalue weighted by molar-refractivity contribution is 0.0935. The largest absolute Gasteiger partial charge is 0.496 e. The standard InChI is InChI=1S/C24H32N2O4S/c1-18-13-15-26(16-14-18)31(28,29)21-11-12-23(30-3)22(17-21)24(27)25-19(2)9-10-20-7-5-4-6-8-20/h4-8,11-12,17-19H,9-10,13-16H2,1-3H3,(H,25,27)/t19-/m0/s1. The van der Waals surface area contributed by atoms with Crippen LogP contribution in [0.25, 0.3) is 0 Å². The van der Waals surface area contributed by atoms with E-state index in [2.05, 4.69) is 24.4 Å². The third kappa shape index (κ3) is 5.86. The molecule has 31 heavy (non-hydrogen) atoms. The second kappa shape index (κ2) is 10.3. The topological polar surface area (TPSA) is 75.7 Å². The molecule has 0 aliphatic carbocycles. The molecule has 1 fully saturated rings. The fraction of sp³-hybridized carbons (Fsp3) is 0.458. The van der Waals surface area contributed by atoms with Crippen LogP contribution in [0.4, 0.5) is 0 Å². The van der Waals surface area contributed by atoms with Gasteiger partial charge in [0, 0.05) is 19.1 Å². The molecular formula is C24H32N2O4S. The van der Waals surface area contributed by atoms with Crippen LogP contribution in [0.2, 0.25) is 0 Å². The highest BCUT2D eigenvalue weighted by molar-refractivity contribution is 7.89. The summed E-state index contributed by atoms with van der Waals surface area (Å²) < 4.78 is 33.1. The molecule has 0 saturated carbocycles. The van der Waals surface area contributed by atoms with E-state index in [0.29, 0.717) is 24.8 Å². The fourth-order valence-corrected chi connectivity index (χ4v) is 5.30. The zero-order chi connectivity index (χ0) is 22.4. The number of aryl methyl sites for hydroxylation is 1. The van der Waals surface area contributed by atoms with Crippen molar-refractivity contribution in [2.75, 3.05) is 20.2 Å². The summed E-state index contributed by atoms with van der Waals surface area (Å²) in [6.07, 6.45) is 3.33. The Morgan fingerprint density at radius 1 is 1.16 bits per heavy atom. The zero-order valence-corrected chi connectivity index (χ0v) is 19.3. The Labute approximate surface area is 185 Å². The maximum absolute atomic E-state index is 13.1. The molecule has 0 aromatic heterocycles. The highest BCUT2D eigenvalue weighted by atomic mass is 32.2. The average molecular weight is 445 g/mol. The lowest BCUT2D eigenvalue weighted by Gasteiger charge is -2.29. The van der Waals surface area contributed by atoms with E-state index in [1.165, 1.54) is 29.1 Å². The highest BCUT2D eigenvalue weighted by Crippen LogP contribution is 2.27. The maximum atomic E-state index is 13.1. The molecule has 1 aliphatic rings. The van der Waals surface area contributed by atoms with Crippen LogP contribution in [-0.4, -0.2) is 44.9 Å². The van der Waals surface area contributed by atoms with Crippen LogP contribution < -0.4 is 10.1 Å². The minimum absolute atomic E-state index is 0.0683. The predicted molar refractivity (Wildman–Crippen MR) is 122 cm³/mol. The van der Waals surface area contributed by atoms with Crippen molar-refractivity contribution in [3.05, 3.63) is 59.7 Å². The number of hydrogen-bond acceptors (Lipinski definition) is 4. The summed E-state index contributed by atoms with van der Waals surface area (Å²) in [7, 11) is -2.17. The van der Waals surface area contributed by atoms with Crippen LogP contribution in [0.15, 0.2) is 53.4 Å². The van der Waals surface area contributed by atoms with Crippen molar-refractivity contribution in [3.8, 4) is 5.75 Å². The minimum Gasteiger partial charge on any atom is -0.496 e. The highest BCUT2D eigenvalue weighted by Gasteiger charge is 2.29. The Kier molecular flexibility index (Phi) is 7.73. The van der Waals surface area contributed by atoms with Gasteiger partial charge in [-0.05, 0) is 62.3 Å². The minimum atomic E-state index is -3.64. The summed E-state index contributed by atoms with van der Waals surface area (Å²) in [5, 5.41) is 2.98. The first kappa shape index (κ1) is 23.3. The van der Waals surface area contributed by atoms with Crippen LogP contribution >= 0.6 is 0 Å². The third-order valence-electron chi connectivity index (χ3n) is 5.88. The SMILES string of the molecule is COc1ccc(S(=O)(=O)N2CCC(C)CC2)cc1C(=O)N[C@@H](C)CCc1ccccc1. The van der Waals surface area contributed by atoms with Gasteiger partial charge in [0.2, 0.25) is 10.0 Å². The second-order valence-electron chi connectivity index (χ2n) is 8.35. The molecule has 0 bridgehead atoms. The summed E-state index contributed by atoms with van der Waals surface area (Å²) in [5.74, 6) is 0.557. The Morgan fingerprint density at radius 3 is 2.48 bits per heavy atom. The number of hydrogen-bond donors (Lipinski definition) is 1. The Bertz CT molecular complexity index is 984. The molecule has 1 amide bonds. The molecule has 1 saturated heterocycles. The summed E-state index contributed by atoms with van der Waals surface area (Å²) in [4.78, 5) is 13.1. The summed E-state index contributed by atoms with van der Waals surface area (Å²) in [6, 6.07) is 14.5. The summed E-state index contributed by atoms with van der Waals surface area (Å²) >= 11 is 0. The van der Waals surface area contributed by atoms with Gasteiger partial charge >= 0.3 is 0 Å². The first-order chi connectivity index (χ1) is 14.8. The van der Waals surface area contributed by atoms with E-state index in [1.54, 1.807) is 6.07 Å². The quantitative estimate of drug-likeness (QED) is 0.671. The maximum Gasteiger partial charge on any atom is 0.255 e. The molecule has 3 rings (SSSR count). The van der Waals surface area contributed by atoms with Gasteiger partial charge in [0.1, 0.15) is 5.75 Å². The average Bonchev–Trinajstić information content (AvgIpc) is 2.78. The van der Waals surface area contributed by atoms with Crippen molar-refractivity contribution in [2.24, 2.45) is 5.92 Å². The zero-order valence-electron chi connectivity index (χ0n) is 18.5. The Hall–Kier alpha value is -2.38. The van der Waals surface area contributed by atoms with Crippen molar-refractivity contribution in [3.63, 3.8) is 0 Å². The van der Waals surface area contributed by atoms with Crippen LogP contribution in [0.5, 0.6) is 5.75 Å². The van der Waals surface area contributed by atoms with Crippen molar-refractivity contribution in [2.45, 2.75) is 50.5 Å². The number of carbonyl (C=O) groups is 1. The van der Waals surface area contributed by atoms with Gasteiger partial charge in [-0.2, -0.15) is 4.31 Å². The fourth-order valence-electron chi connectivity index (χ4n) is 3.80. The lowest BCUT2D eigenvalue weighted by Crippen LogP contribution is -2.38. The number of carbonyl (C=O) groups excluding carboxylic acids is 1. The number of rotatable bonds is 8. The molecule has 1 N–H and O–H groups in total. The molecule has 1 heterocycles. The Morgan fingerprint density at radius 2 is 1.84 bits per heavy atom. The molecule has 2 aromatic carbocycles. The van der Waals surface area contributed by atoms with Crippen molar-refractivity contribution < 1.29 is 17.9 Å². The van der Waals surface area contributed by atoms with Crippen molar-refractivity contribution >= 4 is 15.9 Å². The second-order valence-corrected chi connectivity index (χ2v) is 10.3. The molecule has 1 atom stereocenters. The molecule has 2 aromatic rings. The third-order valence-corrected chi connectivity index (χ3v) is 7.78. The van der Waals surface area contributed by atoms with E-state index in [9.17, 15) is 13.2 Å². The lowest BCUT2D eigenvalue weighted by atomic mass is 10.0. The number of piperidine rings is 1. The first-order valence-corrected chi connectivity index (χ1v) is 12.3. The number of methoxy groups -OCH3 is 1. The van der Waals surface area contributed by atoms with Crippen LogP contribution in [-0.2, 0) is 16.4 Å². The molecule has 0 spiro atoms. The first-order valence-electron chi connectivity index (χ1n) is 10.8. The predicted octanol–water partition coefficient (Wildman–Crippen LogP) is 3.87. The van der Waals surface area contributed by atoms with Gasteiger partial charge in [-0.3, -0.25) is 4.79 Å². The molecule has 0 unspecified atom stereocenters. The van der Waals surface area contributed by atoms with Gasteiger partial charge in [0.05, 0.1) is 17.6 Å². The Balaban J connectivity index is 1.73. The molecule has 1 aliphatic heterocycles. The number of sulfonamides is 1. The molecule has 0 radical (unpaired) electrons. The normalized spacial score (nSPS) is 16.6. The van der Waals surface area contributed by atoms with E-state index in [0.717, 1.165) is 25.7 Å². The van der Waals surface area contributed by atoms with Crippen molar-refractivity contribution in [1.82, 2.24) is 9.62 Å². The number of benzene rings is 2. The number of ether oxygens (including phenoxy) is 1. The van der Waals surface area contributed by atoms with Crippen LogP contribution in [0.3, 0.4) is 0 Å². The van der Waals surface area contributed by atoms with Gasteiger partial charge in [0.25, 0.3) is 5.91 Å². The van der Waals surface area contributed by atoms with E-state index in [4.69, 9.17) is 4.74 Å². The van der Waals surface area contributed by atoms with Crippen LogP contribution in [0.1, 0.15) is 49.0 Å². The number of nitrogens with one attached hydrogen (secondary N) is 1. The van der Waals surface area contributed by atoms with E-state index >= 15 is 0 Å². The van der Waals surface area contributed by atoms with E-state index < -0.39 is 10.0 Å². The van der Waals surface area contributed by atoms with Crippen LogP contribution in [0, 0.1) is 5.92 Å². The van der Waals surface area contributed by atoms with Gasteiger partial charge in [-0.15, -0.1) is 0 Å². The van der Waals surface area contributed by atoms with Gasteiger partial charge in [0.15, 0.2) is 0 Å². The molecular weight excluding hydrogens is 412 g/mol. The monoisotopic (exact) mass is 444 g/mol.